The van der Waals surface area contributed by atoms with Gasteiger partial charge in [-0.2, -0.15) is 0 Å². The van der Waals surface area contributed by atoms with Crippen molar-refractivity contribution in [3.8, 4) is 0 Å². The van der Waals surface area contributed by atoms with Gasteiger partial charge in [-0.3, -0.25) is 4.90 Å². The Bertz CT molecular complexity index is 418. The monoisotopic (exact) mass is 247 g/mol. The number of carbonyl (C=O) groups is 1. The first-order chi connectivity index (χ1) is 8.72. The van der Waals surface area contributed by atoms with Gasteiger partial charge in [-0.1, -0.05) is 36.4 Å². The molecule has 1 heterocycles. The summed E-state index contributed by atoms with van der Waals surface area (Å²) in [4.78, 5) is 13.2. The zero-order chi connectivity index (χ0) is 13.0. The van der Waals surface area contributed by atoms with E-state index in [1.807, 2.05) is 30.3 Å². The van der Waals surface area contributed by atoms with Crippen LogP contribution in [0.15, 0.2) is 43.0 Å². The molecule has 1 aromatic carbocycles. The standard InChI is InChI=1S/C14H17NO3/c1-2-6-13(16)12-10-18-14(17)15(12)9-11-7-4-3-5-8-11/h2-5,7-8,12-13,16H,1,6,9-10H2/t12-,13+/m0/s1. The molecule has 1 saturated heterocycles. The SMILES string of the molecule is C=CC[C@@H](O)[C@@H]1COC(=O)N1Cc1ccccc1. The summed E-state index contributed by atoms with van der Waals surface area (Å²) in [6, 6.07) is 9.37. The van der Waals surface area contributed by atoms with E-state index in [1.54, 1.807) is 11.0 Å². The second-order valence-corrected chi connectivity index (χ2v) is 4.35. The fourth-order valence-electron chi connectivity index (χ4n) is 2.07. The van der Waals surface area contributed by atoms with Crippen molar-refractivity contribution in [1.29, 1.82) is 0 Å². The molecule has 1 aliphatic rings. The Kier molecular flexibility index (Phi) is 3.99. The van der Waals surface area contributed by atoms with Crippen LogP contribution < -0.4 is 0 Å². The van der Waals surface area contributed by atoms with Gasteiger partial charge in [0.1, 0.15) is 6.61 Å². The number of hydrogen-bond donors (Lipinski definition) is 1. The van der Waals surface area contributed by atoms with E-state index in [1.165, 1.54) is 0 Å². The number of benzene rings is 1. The molecule has 1 amide bonds. The van der Waals surface area contributed by atoms with E-state index >= 15 is 0 Å². The van der Waals surface area contributed by atoms with E-state index in [0.29, 0.717) is 13.0 Å². The van der Waals surface area contributed by atoms with Crippen LogP contribution in [0.25, 0.3) is 0 Å². The van der Waals surface area contributed by atoms with E-state index in [4.69, 9.17) is 4.74 Å². The summed E-state index contributed by atoms with van der Waals surface area (Å²) in [7, 11) is 0. The van der Waals surface area contributed by atoms with Gasteiger partial charge in [0.05, 0.1) is 12.1 Å². The third-order valence-electron chi connectivity index (χ3n) is 3.06. The molecule has 1 aliphatic heterocycles. The van der Waals surface area contributed by atoms with Crippen LogP contribution in [0.3, 0.4) is 0 Å². The lowest BCUT2D eigenvalue weighted by molar-refractivity contribution is 0.0857. The average Bonchev–Trinajstić information content (AvgIpc) is 2.73. The van der Waals surface area contributed by atoms with Crippen LogP contribution in [0.5, 0.6) is 0 Å². The third-order valence-corrected chi connectivity index (χ3v) is 3.06. The molecule has 18 heavy (non-hydrogen) atoms. The molecule has 96 valence electrons. The van der Waals surface area contributed by atoms with E-state index in [-0.39, 0.29) is 18.7 Å². The summed E-state index contributed by atoms with van der Waals surface area (Å²) in [6.45, 7) is 4.29. The van der Waals surface area contributed by atoms with Crippen molar-refractivity contribution in [2.45, 2.75) is 25.1 Å². The Morgan fingerprint density at radius 3 is 2.89 bits per heavy atom. The average molecular weight is 247 g/mol. The van der Waals surface area contributed by atoms with Crippen molar-refractivity contribution < 1.29 is 14.6 Å². The molecular formula is C14H17NO3. The van der Waals surface area contributed by atoms with Gasteiger partial charge in [0.25, 0.3) is 0 Å². The van der Waals surface area contributed by atoms with Gasteiger partial charge in [-0.15, -0.1) is 6.58 Å². The summed E-state index contributed by atoms with van der Waals surface area (Å²) in [5.74, 6) is 0. The van der Waals surface area contributed by atoms with Gasteiger partial charge >= 0.3 is 6.09 Å². The fraction of sp³-hybridized carbons (Fsp3) is 0.357. The summed E-state index contributed by atoms with van der Waals surface area (Å²) in [5.41, 5.74) is 1.02. The predicted molar refractivity (Wildman–Crippen MR) is 67.9 cm³/mol. The Morgan fingerprint density at radius 2 is 2.22 bits per heavy atom. The van der Waals surface area contributed by atoms with Crippen LogP contribution in [0.4, 0.5) is 4.79 Å². The predicted octanol–water partition coefficient (Wildman–Crippen LogP) is 1.94. The first kappa shape index (κ1) is 12.6. The lowest BCUT2D eigenvalue weighted by Gasteiger charge is -2.25. The molecule has 0 saturated carbocycles. The molecule has 0 bridgehead atoms. The quantitative estimate of drug-likeness (QED) is 0.809. The van der Waals surface area contributed by atoms with Gasteiger partial charge in [0.2, 0.25) is 0 Å². The number of aliphatic hydroxyl groups excluding tert-OH is 1. The topological polar surface area (TPSA) is 49.8 Å². The van der Waals surface area contributed by atoms with Crippen molar-refractivity contribution in [2.75, 3.05) is 6.61 Å². The van der Waals surface area contributed by atoms with E-state index in [2.05, 4.69) is 6.58 Å². The molecule has 1 fully saturated rings. The van der Waals surface area contributed by atoms with Crippen LogP contribution in [0, 0.1) is 0 Å². The smallest absolute Gasteiger partial charge is 0.410 e. The number of rotatable bonds is 5. The Morgan fingerprint density at radius 1 is 1.50 bits per heavy atom. The molecule has 0 aromatic heterocycles. The highest BCUT2D eigenvalue weighted by Gasteiger charge is 2.37. The lowest BCUT2D eigenvalue weighted by atomic mass is 10.1. The molecule has 0 unspecified atom stereocenters. The van der Waals surface area contributed by atoms with Gasteiger partial charge in [-0.25, -0.2) is 4.79 Å². The molecule has 2 atom stereocenters. The first-order valence-corrected chi connectivity index (χ1v) is 5.98. The number of amides is 1. The molecule has 4 heteroatoms. The van der Waals surface area contributed by atoms with Gasteiger partial charge in [0, 0.05) is 6.54 Å². The van der Waals surface area contributed by atoms with Crippen LogP contribution >= 0.6 is 0 Å². The largest absolute Gasteiger partial charge is 0.447 e. The van der Waals surface area contributed by atoms with Crippen molar-refractivity contribution in [3.63, 3.8) is 0 Å². The van der Waals surface area contributed by atoms with Crippen molar-refractivity contribution in [2.24, 2.45) is 0 Å². The second-order valence-electron chi connectivity index (χ2n) is 4.35. The highest BCUT2D eigenvalue weighted by Crippen LogP contribution is 2.20. The van der Waals surface area contributed by atoms with E-state index in [9.17, 15) is 9.90 Å². The van der Waals surface area contributed by atoms with Crippen LogP contribution in [-0.4, -0.2) is 34.9 Å². The van der Waals surface area contributed by atoms with Crippen LogP contribution in [-0.2, 0) is 11.3 Å². The van der Waals surface area contributed by atoms with Crippen molar-refractivity contribution in [3.05, 3.63) is 48.6 Å². The van der Waals surface area contributed by atoms with Gasteiger partial charge in [-0.05, 0) is 12.0 Å². The minimum absolute atomic E-state index is 0.237. The normalized spacial score (nSPS) is 20.6. The summed E-state index contributed by atoms with van der Waals surface area (Å²) < 4.78 is 5.01. The Labute approximate surface area is 106 Å². The van der Waals surface area contributed by atoms with Crippen LogP contribution in [0.1, 0.15) is 12.0 Å². The second kappa shape index (κ2) is 5.69. The van der Waals surface area contributed by atoms with E-state index in [0.717, 1.165) is 5.56 Å². The molecule has 0 aliphatic carbocycles. The Balaban J connectivity index is 2.08. The van der Waals surface area contributed by atoms with Gasteiger partial charge < -0.3 is 9.84 Å². The fourth-order valence-corrected chi connectivity index (χ4v) is 2.07. The number of hydrogen-bond acceptors (Lipinski definition) is 3. The minimum atomic E-state index is -0.627. The maximum absolute atomic E-state index is 11.7. The minimum Gasteiger partial charge on any atom is -0.447 e. The molecule has 1 aromatic rings. The molecular weight excluding hydrogens is 230 g/mol. The molecule has 4 nitrogen and oxygen atoms in total. The number of nitrogens with zero attached hydrogens (tertiary/aromatic N) is 1. The Hall–Kier alpha value is -1.81. The number of cyclic esters (lactones) is 1. The molecule has 0 radical (unpaired) electrons. The lowest BCUT2D eigenvalue weighted by Crippen LogP contribution is -2.41. The highest BCUT2D eigenvalue weighted by atomic mass is 16.6. The van der Waals surface area contributed by atoms with Crippen molar-refractivity contribution >= 4 is 6.09 Å². The molecule has 2 rings (SSSR count). The van der Waals surface area contributed by atoms with E-state index < -0.39 is 6.10 Å². The number of aliphatic hydroxyl groups is 1. The number of carbonyl (C=O) groups excluding carboxylic acids is 1. The maximum atomic E-state index is 11.7. The summed E-state index contributed by atoms with van der Waals surface area (Å²) in [5, 5.41) is 9.97. The first-order valence-electron chi connectivity index (χ1n) is 5.98. The zero-order valence-corrected chi connectivity index (χ0v) is 10.2. The van der Waals surface area contributed by atoms with Gasteiger partial charge in [0.15, 0.2) is 0 Å². The summed E-state index contributed by atoms with van der Waals surface area (Å²) >= 11 is 0. The third kappa shape index (κ3) is 2.71. The van der Waals surface area contributed by atoms with Crippen molar-refractivity contribution in [1.82, 2.24) is 4.90 Å². The zero-order valence-electron chi connectivity index (χ0n) is 10.2. The molecule has 0 spiro atoms. The number of ether oxygens (including phenoxy) is 1. The summed E-state index contributed by atoms with van der Waals surface area (Å²) in [6.07, 6.45) is 1.10. The molecule has 1 N–H and O–H groups in total. The van der Waals surface area contributed by atoms with Crippen LogP contribution in [0.2, 0.25) is 0 Å². The maximum Gasteiger partial charge on any atom is 0.410 e. The highest BCUT2D eigenvalue weighted by molar-refractivity contribution is 5.70.